The molecule has 0 atom stereocenters. The smallest absolute Gasteiger partial charge is 0.221 e. The molecule has 0 heterocycles. The Kier molecular flexibility index (Phi) is 4.48. The second-order valence-corrected chi connectivity index (χ2v) is 4.85. The number of hydrogen-bond donors (Lipinski definition) is 3. The topological polar surface area (TPSA) is 75.4 Å². The van der Waals surface area contributed by atoms with E-state index in [1.54, 1.807) is 18.2 Å². The van der Waals surface area contributed by atoms with Gasteiger partial charge in [-0.25, -0.2) is 0 Å². The largest absolute Gasteiger partial charge is 0.506 e. The molecule has 2 aromatic rings. The van der Waals surface area contributed by atoms with Gasteiger partial charge in [-0.15, -0.1) is 0 Å². The summed E-state index contributed by atoms with van der Waals surface area (Å²) in [7, 11) is 0. The summed E-state index contributed by atoms with van der Waals surface area (Å²) in [6, 6.07) is 12.6. The third kappa shape index (κ3) is 3.65. The molecule has 1 amide bonds. The first-order chi connectivity index (χ1) is 9.56. The van der Waals surface area contributed by atoms with Gasteiger partial charge in [0.1, 0.15) is 5.75 Å². The van der Waals surface area contributed by atoms with Crippen LogP contribution in [0.5, 0.6) is 5.75 Å². The molecule has 4 nitrogen and oxygen atoms in total. The third-order valence-corrected chi connectivity index (χ3v) is 3.19. The van der Waals surface area contributed by atoms with E-state index in [0.717, 1.165) is 16.8 Å². The van der Waals surface area contributed by atoms with E-state index in [4.69, 9.17) is 17.3 Å². The number of carbonyl (C=O) groups is 1. The van der Waals surface area contributed by atoms with Crippen molar-refractivity contribution in [1.29, 1.82) is 0 Å². The average molecular weight is 291 g/mol. The van der Waals surface area contributed by atoms with Crippen molar-refractivity contribution in [2.45, 2.75) is 13.0 Å². The molecule has 0 fully saturated rings. The molecule has 104 valence electrons. The summed E-state index contributed by atoms with van der Waals surface area (Å²) in [5.74, 6) is -0.262. The number of anilines is 1. The highest BCUT2D eigenvalue weighted by Gasteiger charge is 2.05. The van der Waals surface area contributed by atoms with E-state index in [0.29, 0.717) is 11.6 Å². The first-order valence-electron chi connectivity index (χ1n) is 6.13. The summed E-state index contributed by atoms with van der Waals surface area (Å²) in [6.07, 6.45) is 0.232. The summed E-state index contributed by atoms with van der Waals surface area (Å²) in [5, 5.41) is 13.3. The second-order valence-electron chi connectivity index (χ2n) is 4.44. The lowest BCUT2D eigenvalue weighted by Crippen LogP contribution is -2.13. The number of hydrogen-bond acceptors (Lipinski definition) is 3. The first-order valence-corrected chi connectivity index (χ1v) is 6.51. The number of halogens is 1. The molecule has 0 aliphatic carbocycles. The van der Waals surface area contributed by atoms with Gasteiger partial charge in [0.05, 0.1) is 11.4 Å². The van der Waals surface area contributed by atoms with Crippen molar-refractivity contribution in [1.82, 2.24) is 0 Å². The summed E-state index contributed by atoms with van der Waals surface area (Å²) in [6.45, 7) is 0.460. The van der Waals surface area contributed by atoms with Crippen LogP contribution in [0.1, 0.15) is 11.1 Å². The van der Waals surface area contributed by atoms with Crippen LogP contribution in [0, 0.1) is 0 Å². The lowest BCUT2D eigenvalue weighted by molar-refractivity contribution is -0.117. The van der Waals surface area contributed by atoms with E-state index in [2.05, 4.69) is 5.32 Å². The van der Waals surface area contributed by atoms with Crippen molar-refractivity contribution < 1.29 is 9.90 Å². The van der Waals surface area contributed by atoms with E-state index >= 15 is 0 Å². The zero-order valence-corrected chi connectivity index (χ0v) is 11.5. The maximum Gasteiger partial charge on any atom is 0.221 e. The molecule has 5 heteroatoms. The Bertz CT molecular complexity index is 612. The van der Waals surface area contributed by atoms with E-state index < -0.39 is 0 Å². The van der Waals surface area contributed by atoms with Gasteiger partial charge in [-0.3, -0.25) is 4.79 Å². The zero-order valence-electron chi connectivity index (χ0n) is 10.8. The van der Waals surface area contributed by atoms with Crippen LogP contribution in [-0.2, 0) is 17.8 Å². The number of rotatable bonds is 5. The minimum Gasteiger partial charge on any atom is -0.506 e. The molecule has 20 heavy (non-hydrogen) atoms. The molecule has 0 aromatic heterocycles. The normalized spacial score (nSPS) is 10.2. The van der Waals surface area contributed by atoms with E-state index in [-0.39, 0.29) is 18.1 Å². The minimum absolute atomic E-state index is 0.0898. The number of carbonyl (C=O) groups excluding carboxylic acids is 1. The fourth-order valence-corrected chi connectivity index (χ4v) is 2.04. The molecule has 0 spiro atoms. The Morgan fingerprint density at radius 3 is 2.55 bits per heavy atom. The molecule has 0 aliphatic heterocycles. The Hall–Kier alpha value is -2.20. The number of benzene rings is 2. The maximum atomic E-state index is 10.8. The van der Waals surface area contributed by atoms with Crippen LogP contribution >= 0.6 is 11.6 Å². The molecule has 0 radical (unpaired) electrons. The number of nitrogens with two attached hydrogens (primary N) is 1. The van der Waals surface area contributed by atoms with Gasteiger partial charge >= 0.3 is 0 Å². The Morgan fingerprint density at radius 1 is 1.20 bits per heavy atom. The van der Waals surface area contributed by atoms with E-state index in [9.17, 15) is 9.90 Å². The van der Waals surface area contributed by atoms with Crippen LogP contribution in [-0.4, -0.2) is 11.0 Å². The van der Waals surface area contributed by atoms with Gasteiger partial charge in [0, 0.05) is 17.8 Å². The molecule has 4 N–H and O–H groups in total. The van der Waals surface area contributed by atoms with Gasteiger partial charge < -0.3 is 16.2 Å². The van der Waals surface area contributed by atoms with Crippen LogP contribution in [0.25, 0.3) is 0 Å². The Morgan fingerprint density at radius 2 is 1.90 bits per heavy atom. The number of phenols is 1. The molecule has 0 saturated carbocycles. The second kappa shape index (κ2) is 6.30. The fraction of sp³-hybridized carbons (Fsp3) is 0.133. The third-order valence-electron chi connectivity index (χ3n) is 2.89. The summed E-state index contributed by atoms with van der Waals surface area (Å²) in [4.78, 5) is 10.8. The van der Waals surface area contributed by atoms with Crippen LogP contribution in [0.4, 0.5) is 5.69 Å². The molecule has 0 unspecified atom stereocenters. The Balaban J connectivity index is 2.00. The number of para-hydroxylation sites is 1. The van der Waals surface area contributed by atoms with Gasteiger partial charge in [-0.2, -0.15) is 0 Å². The fourth-order valence-electron chi connectivity index (χ4n) is 1.84. The molecular formula is C15H15ClN2O2. The summed E-state index contributed by atoms with van der Waals surface area (Å²) in [5.41, 5.74) is 7.61. The van der Waals surface area contributed by atoms with Gasteiger partial charge in [-0.1, -0.05) is 35.9 Å². The predicted molar refractivity (Wildman–Crippen MR) is 79.8 cm³/mol. The monoisotopic (exact) mass is 290 g/mol. The zero-order chi connectivity index (χ0) is 14.5. The number of phenolic OH excluding ortho intramolecular Hbond substituents is 1. The molecule has 2 aromatic carbocycles. The molecule has 0 aliphatic rings. The number of primary amides is 1. The van der Waals surface area contributed by atoms with Gasteiger partial charge in [0.2, 0.25) is 5.91 Å². The van der Waals surface area contributed by atoms with Crippen molar-refractivity contribution in [3.8, 4) is 5.75 Å². The van der Waals surface area contributed by atoms with Crippen molar-refractivity contribution in [2.75, 3.05) is 5.32 Å². The van der Waals surface area contributed by atoms with Gasteiger partial charge in [0.25, 0.3) is 0 Å². The van der Waals surface area contributed by atoms with Crippen molar-refractivity contribution in [3.63, 3.8) is 0 Å². The molecule has 0 bridgehead atoms. The highest BCUT2D eigenvalue weighted by atomic mass is 35.5. The van der Waals surface area contributed by atoms with Gasteiger partial charge in [0.15, 0.2) is 0 Å². The molecule has 2 rings (SSSR count). The first kappa shape index (κ1) is 14.2. The van der Waals surface area contributed by atoms with Crippen molar-refractivity contribution in [3.05, 3.63) is 58.6 Å². The Labute approximate surface area is 122 Å². The van der Waals surface area contributed by atoms with E-state index in [1.807, 2.05) is 24.3 Å². The highest BCUT2D eigenvalue weighted by molar-refractivity contribution is 6.32. The van der Waals surface area contributed by atoms with Crippen molar-refractivity contribution in [2.24, 2.45) is 5.73 Å². The van der Waals surface area contributed by atoms with Crippen LogP contribution < -0.4 is 11.1 Å². The van der Waals surface area contributed by atoms with E-state index in [1.165, 1.54) is 0 Å². The lowest BCUT2D eigenvalue weighted by Gasteiger charge is -2.09. The molecular weight excluding hydrogens is 276 g/mol. The molecule has 0 saturated heterocycles. The quantitative estimate of drug-likeness (QED) is 0.792. The predicted octanol–water partition coefficient (Wildman–Crippen LogP) is 2.69. The van der Waals surface area contributed by atoms with Crippen molar-refractivity contribution >= 4 is 23.2 Å². The number of amides is 1. The van der Waals surface area contributed by atoms with Crippen LogP contribution in [0.3, 0.4) is 0 Å². The van der Waals surface area contributed by atoms with Crippen LogP contribution in [0.2, 0.25) is 5.02 Å². The summed E-state index contributed by atoms with van der Waals surface area (Å²) >= 11 is 5.84. The summed E-state index contributed by atoms with van der Waals surface area (Å²) < 4.78 is 0. The maximum absolute atomic E-state index is 10.8. The highest BCUT2D eigenvalue weighted by Crippen LogP contribution is 2.27. The van der Waals surface area contributed by atoms with Crippen LogP contribution in [0.15, 0.2) is 42.5 Å². The lowest BCUT2D eigenvalue weighted by atomic mass is 10.1. The minimum atomic E-state index is -0.352. The number of aromatic hydroxyl groups is 1. The standard InChI is InChI=1S/C15H15ClN2O2/c16-13-3-1-2-11(15(13)20)9-18-12-6-4-10(5-7-12)8-14(17)19/h1-7,18,20H,8-9H2,(H2,17,19). The van der Waals surface area contributed by atoms with Gasteiger partial charge in [-0.05, 0) is 23.8 Å². The number of nitrogens with one attached hydrogen (secondary N) is 1. The average Bonchev–Trinajstić information content (AvgIpc) is 2.41. The SMILES string of the molecule is NC(=O)Cc1ccc(NCc2cccc(Cl)c2O)cc1.